The Balaban J connectivity index is 2.76. The third kappa shape index (κ3) is 4.15. The number of hydrogen-bond acceptors (Lipinski definition) is 2. The molecule has 1 rings (SSSR count). The highest BCUT2D eigenvalue weighted by molar-refractivity contribution is 5.76. The minimum atomic E-state index is 0.222. The molecule has 0 fully saturated rings. The van der Waals surface area contributed by atoms with Crippen molar-refractivity contribution in [2.75, 3.05) is 6.54 Å². The summed E-state index contributed by atoms with van der Waals surface area (Å²) in [6.45, 7) is 8.08. The molecular formula is C15H24N2O. The number of rotatable bonds is 6. The average molecular weight is 248 g/mol. The molecule has 1 aromatic rings. The molecular weight excluding hydrogens is 224 g/mol. The number of amides is 1. The van der Waals surface area contributed by atoms with Gasteiger partial charge >= 0.3 is 0 Å². The van der Waals surface area contributed by atoms with Gasteiger partial charge < -0.3 is 10.6 Å². The van der Waals surface area contributed by atoms with Crippen LogP contribution in [0.3, 0.4) is 0 Å². The SMILES string of the molecule is CCN(Cc1ccccc1CN)C(=O)CC(C)C. The first-order chi connectivity index (χ1) is 8.58. The zero-order valence-corrected chi connectivity index (χ0v) is 11.6. The predicted octanol–water partition coefficient (Wildman–Crippen LogP) is 2.54. The van der Waals surface area contributed by atoms with E-state index in [-0.39, 0.29) is 5.91 Å². The smallest absolute Gasteiger partial charge is 0.223 e. The Hall–Kier alpha value is -1.35. The van der Waals surface area contributed by atoms with Crippen molar-refractivity contribution in [3.63, 3.8) is 0 Å². The van der Waals surface area contributed by atoms with Gasteiger partial charge in [0.2, 0.25) is 5.91 Å². The van der Waals surface area contributed by atoms with Gasteiger partial charge in [0, 0.05) is 26.1 Å². The van der Waals surface area contributed by atoms with Crippen molar-refractivity contribution < 1.29 is 4.79 Å². The molecule has 0 heterocycles. The maximum Gasteiger partial charge on any atom is 0.223 e. The molecule has 0 aromatic heterocycles. The number of nitrogens with two attached hydrogens (primary N) is 1. The minimum Gasteiger partial charge on any atom is -0.339 e. The zero-order chi connectivity index (χ0) is 13.5. The molecule has 0 saturated carbocycles. The Bertz CT molecular complexity index is 388. The monoisotopic (exact) mass is 248 g/mol. The molecule has 0 aliphatic carbocycles. The maximum absolute atomic E-state index is 12.1. The summed E-state index contributed by atoms with van der Waals surface area (Å²) >= 11 is 0. The van der Waals surface area contributed by atoms with Gasteiger partial charge in [-0.15, -0.1) is 0 Å². The van der Waals surface area contributed by atoms with Crippen LogP contribution in [-0.4, -0.2) is 17.4 Å². The quantitative estimate of drug-likeness (QED) is 0.841. The van der Waals surface area contributed by atoms with Gasteiger partial charge in [0.05, 0.1) is 0 Å². The highest BCUT2D eigenvalue weighted by Crippen LogP contribution is 2.13. The summed E-state index contributed by atoms with van der Waals surface area (Å²) < 4.78 is 0. The molecule has 0 bridgehead atoms. The fourth-order valence-corrected chi connectivity index (χ4v) is 1.97. The molecule has 3 heteroatoms. The summed E-state index contributed by atoms with van der Waals surface area (Å²) in [5.41, 5.74) is 7.99. The van der Waals surface area contributed by atoms with Crippen LogP contribution in [0.4, 0.5) is 0 Å². The second-order valence-corrected chi connectivity index (χ2v) is 4.98. The van der Waals surface area contributed by atoms with Gasteiger partial charge in [-0.05, 0) is 24.0 Å². The van der Waals surface area contributed by atoms with E-state index < -0.39 is 0 Å². The largest absolute Gasteiger partial charge is 0.339 e. The second-order valence-electron chi connectivity index (χ2n) is 4.98. The number of carbonyl (C=O) groups excluding carboxylic acids is 1. The number of nitrogens with zero attached hydrogens (tertiary/aromatic N) is 1. The molecule has 0 atom stereocenters. The molecule has 3 nitrogen and oxygen atoms in total. The lowest BCUT2D eigenvalue weighted by atomic mass is 10.1. The van der Waals surface area contributed by atoms with Gasteiger partial charge in [-0.25, -0.2) is 0 Å². The van der Waals surface area contributed by atoms with E-state index in [9.17, 15) is 4.79 Å². The van der Waals surface area contributed by atoms with Crippen molar-refractivity contribution >= 4 is 5.91 Å². The summed E-state index contributed by atoms with van der Waals surface area (Å²) in [5.74, 6) is 0.621. The van der Waals surface area contributed by atoms with Crippen molar-refractivity contribution in [1.29, 1.82) is 0 Å². The molecule has 18 heavy (non-hydrogen) atoms. The lowest BCUT2D eigenvalue weighted by Gasteiger charge is -2.23. The van der Waals surface area contributed by atoms with Gasteiger partial charge in [-0.2, -0.15) is 0 Å². The summed E-state index contributed by atoms with van der Waals surface area (Å²) in [7, 11) is 0. The molecule has 0 unspecified atom stereocenters. The van der Waals surface area contributed by atoms with Gasteiger partial charge in [-0.1, -0.05) is 38.1 Å². The molecule has 100 valence electrons. The molecule has 0 radical (unpaired) electrons. The summed E-state index contributed by atoms with van der Waals surface area (Å²) in [6, 6.07) is 8.05. The first-order valence-corrected chi connectivity index (χ1v) is 6.63. The first kappa shape index (κ1) is 14.7. The normalized spacial score (nSPS) is 10.7. The molecule has 0 aliphatic heterocycles. The Morgan fingerprint density at radius 2 is 1.89 bits per heavy atom. The van der Waals surface area contributed by atoms with Gasteiger partial charge in [0.15, 0.2) is 0 Å². The van der Waals surface area contributed by atoms with E-state index in [0.29, 0.717) is 25.4 Å². The lowest BCUT2D eigenvalue weighted by molar-refractivity contribution is -0.132. The Kier molecular flexibility index (Phi) is 5.86. The topological polar surface area (TPSA) is 46.3 Å². The second kappa shape index (κ2) is 7.17. The van der Waals surface area contributed by atoms with E-state index in [1.807, 2.05) is 36.1 Å². The highest BCUT2D eigenvalue weighted by Gasteiger charge is 2.14. The summed E-state index contributed by atoms with van der Waals surface area (Å²) in [5, 5.41) is 0. The predicted molar refractivity (Wildman–Crippen MR) is 74.9 cm³/mol. The van der Waals surface area contributed by atoms with Crippen LogP contribution in [0.5, 0.6) is 0 Å². The van der Waals surface area contributed by atoms with E-state index in [4.69, 9.17) is 5.73 Å². The van der Waals surface area contributed by atoms with E-state index in [2.05, 4.69) is 13.8 Å². The van der Waals surface area contributed by atoms with Crippen molar-refractivity contribution in [3.05, 3.63) is 35.4 Å². The van der Waals surface area contributed by atoms with Crippen molar-refractivity contribution in [1.82, 2.24) is 4.90 Å². The van der Waals surface area contributed by atoms with E-state index in [1.54, 1.807) is 0 Å². The van der Waals surface area contributed by atoms with Crippen LogP contribution in [0.25, 0.3) is 0 Å². The standard InChI is InChI=1S/C15H24N2O/c1-4-17(15(18)9-12(2)3)11-14-8-6-5-7-13(14)10-16/h5-8,12H,4,9-11,16H2,1-3H3. The zero-order valence-electron chi connectivity index (χ0n) is 11.6. The number of hydrogen-bond donors (Lipinski definition) is 1. The molecule has 0 saturated heterocycles. The Labute approximate surface area is 110 Å². The van der Waals surface area contributed by atoms with Crippen LogP contribution < -0.4 is 5.73 Å². The van der Waals surface area contributed by atoms with Crippen molar-refractivity contribution in [3.8, 4) is 0 Å². The van der Waals surface area contributed by atoms with Crippen molar-refractivity contribution in [2.24, 2.45) is 11.7 Å². The third-order valence-corrected chi connectivity index (χ3v) is 3.02. The highest BCUT2D eigenvalue weighted by atomic mass is 16.2. The summed E-state index contributed by atoms with van der Waals surface area (Å²) in [4.78, 5) is 14.0. The van der Waals surface area contributed by atoms with E-state index >= 15 is 0 Å². The van der Waals surface area contributed by atoms with Gasteiger partial charge in [-0.3, -0.25) is 4.79 Å². The van der Waals surface area contributed by atoms with Crippen LogP contribution >= 0.6 is 0 Å². The first-order valence-electron chi connectivity index (χ1n) is 6.63. The lowest BCUT2D eigenvalue weighted by Crippen LogP contribution is -2.31. The average Bonchev–Trinajstić information content (AvgIpc) is 2.35. The fraction of sp³-hybridized carbons (Fsp3) is 0.533. The van der Waals surface area contributed by atoms with Crippen LogP contribution in [0.1, 0.15) is 38.3 Å². The van der Waals surface area contributed by atoms with Crippen LogP contribution in [-0.2, 0) is 17.9 Å². The van der Waals surface area contributed by atoms with E-state index in [1.165, 1.54) is 0 Å². The minimum absolute atomic E-state index is 0.222. The maximum atomic E-state index is 12.1. The molecule has 2 N–H and O–H groups in total. The van der Waals surface area contributed by atoms with Crippen LogP contribution in [0.15, 0.2) is 24.3 Å². The molecule has 0 spiro atoms. The third-order valence-electron chi connectivity index (χ3n) is 3.02. The molecule has 1 amide bonds. The number of benzene rings is 1. The molecule has 1 aromatic carbocycles. The van der Waals surface area contributed by atoms with Crippen LogP contribution in [0, 0.1) is 5.92 Å². The van der Waals surface area contributed by atoms with Crippen molar-refractivity contribution in [2.45, 2.75) is 40.3 Å². The Morgan fingerprint density at radius 1 is 1.28 bits per heavy atom. The fourth-order valence-electron chi connectivity index (χ4n) is 1.97. The summed E-state index contributed by atoms with van der Waals surface area (Å²) in [6.07, 6.45) is 0.610. The van der Waals surface area contributed by atoms with Crippen LogP contribution in [0.2, 0.25) is 0 Å². The van der Waals surface area contributed by atoms with E-state index in [0.717, 1.165) is 17.7 Å². The van der Waals surface area contributed by atoms with Gasteiger partial charge in [0.25, 0.3) is 0 Å². The molecule has 0 aliphatic rings. The van der Waals surface area contributed by atoms with Gasteiger partial charge in [0.1, 0.15) is 0 Å². The number of carbonyl (C=O) groups is 1. The Morgan fingerprint density at radius 3 is 2.39 bits per heavy atom.